The van der Waals surface area contributed by atoms with Crippen LogP contribution in [-0.2, 0) is 17.6 Å². The Morgan fingerprint density at radius 1 is 1.05 bits per heavy atom. The van der Waals surface area contributed by atoms with Gasteiger partial charge in [0.05, 0.1) is 23.3 Å². The molecule has 0 unspecified atom stereocenters. The van der Waals surface area contributed by atoms with E-state index in [4.69, 9.17) is 15.7 Å². The Bertz CT molecular complexity index is 1620. The Balaban J connectivity index is 1.27. The maximum absolute atomic E-state index is 12.3. The Morgan fingerprint density at radius 3 is 2.78 bits per heavy atom. The number of piperidine rings is 1. The van der Waals surface area contributed by atoms with E-state index in [1.54, 1.807) is 12.5 Å². The Hall–Kier alpha value is -4.53. The number of hydrogen-bond donors (Lipinski definition) is 3. The highest BCUT2D eigenvalue weighted by atomic mass is 16.2. The highest BCUT2D eigenvalue weighted by molar-refractivity contribution is 6.15. The summed E-state index contributed by atoms with van der Waals surface area (Å²) in [6.45, 7) is 2.72. The molecule has 9 heteroatoms. The predicted molar refractivity (Wildman–Crippen MR) is 162 cm³/mol. The van der Waals surface area contributed by atoms with Gasteiger partial charge in [-0.3, -0.25) is 14.8 Å². The molecule has 1 aromatic carbocycles. The smallest absolute Gasteiger partial charge is 0.227 e. The first-order valence-corrected chi connectivity index (χ1v) is 14.6. The van der Waals surface area contributed by atoms with Crippen LogP contribution in [0.15, 0.2) is 64.5 Å². The van der Waals surface area contributed by atoms with E-state index >= 15 is 0 Å². The molecule has 0 atom stereocenters. The van der Waals surface area contributed by atoms with Crippen LogP contribution in [0, 0.1) is 5.92 Å². The molecule has 2 aromatic heterocycles. The number of amides is 1. The fraction of sp³-hybridized carbons (Fsp3) is 0.344. The fourth-order valence-electron chi connectivity index (χ4n) is 5.83. The lowest BCUT2D eigenvalue weighted by Crippen LogP contribution is -2.28. The van der Waals surface area contributed by atoms with E-state index in [2.05, 4.69) is 49.5 Å². The zero-order valence-corrected chi connectivity index (χ0v) is 23.1. The SMILES string of the molecule is NC1=CC=C(N2CCCCC2)c2nc(C3=NC=NCCc4ccc(-c5cncc(NC(=O)C6CC6)c5)cc43)[nH]c2C1. The standard InChI is InChI=1S/C32H34N8O/c33-24-8-9-28(40-12-2-1-3-13-40)30-27(16-24)38-31(39-30)29-26-15-22(7-4-20(26)10-11-34-19-36-29)23-14-25(18-35-17-23)37-32(41)21-5-6-21/h4,7-9,14-15,17-19,21H,1-3,5-6,10-13,16,33H2,(H,37,41)(H,38,39). The number of aromatic nitrogens is 3. The van der Waals surface area contributed by atoms with Gasteiger partial charge in [0, 0.05) is 55.0 Å². The minimum Gasteiger partial charge on any atom is -0.402 e. The molecule has 7 rings (SSSR count). The number of aromatic amines is 1. The van der Waals surface area contributed by atoms with E-state index in [0.29, 0.717) is 24.5 Å². The van der Waals surface area contributed by atoms with Crippen molar-refractivity contribution in [3.05, 3.63) is 82.8 Å². The minimum atomic E-state index is 0.0712. The number of likely N-dealkylation sites (tertiary alicyclic amines) is 1. The zero-order chi connectivity index (χ0) is 27.8. The van der Waals surface area contributed by atoms with Crippen molar-refractivity contribution in [2.75, 3.05) is 25.0 Å². The predicted octanol–water partition coefficient (Wildman–Crippen LogP) is 4.47. The van der Waals surface area contributed by atoms with Gasteiger partial charge in [0.2, 0.25) is 5.91 Å². The molecule has 2 aliphatic carbocycles. The summed E-state index contributed by atoms with van der Waals surface area (Å²) in [5, 5.41) is 3.02. The Morgan fingerprint density at radius 2 is 1.93 bits per heavy atom. The van der Waals surface area contributed by atoms with Gasteiger partial charge in [-0.15, -0.1) is 0 Å². The normalized spacial score (nSPS) is 18.6. The number of anilines is 1. The van der Waals surface area contributed by atoms with Crippen LogP contribution in [0.2, 0.25) is 0 Å². The van der Waals surface area contributed by atoms with Crippen molar-refractivity contribution in [1.82, 2.24) is 19.9 Å². The van der Waals surface area contributed by atoms with E-state index in [9.17, 15) is 4.79 Å². The minimum absolute atomic E-state index is 0.0712. The van der Waals surface area contributed by atoms with Crippen LogP contribution >= 0.6 is 0 Å². The molecule has 0 bridgehead atoms. The summed E-state index contributed by atoms with van der Waals surface area (Å²) in [4.78, 5) is 37.2. The molecule has 4 aliphatic rings. The van der Waals surface area contributed by atoms with Crippen molar-refractivity contribution in [3.8, 4) is 11.1 Å². The van der Waals surface area contributed by atoms with Crippen LogP contribution in [0.1, 0.15) is 60.4 Å². The van der Waals surface area contributed by atoms with Crippen molar-refractivity contribution in [2.24, 2.45) is 21.6 Å². The van der Waals surface area contributed by atoms with Gasteiger partial charge in [0.15, 0.2) is 5.82 Å². The number of imidazole rings is 1. The summed E-state index contributed by atoms with van der Waals surface area (Å²) in [5.41, 5.74) is 15.8. The molecule has 0 radical (unpaired) electrons. The zero-order valence-electron chi connectivity index (χ0n) is 23.1. The molecule has 2 fully saturated rings. The molecular weight excluding hydrogens is 512 g/mol. The number of H-pyrrole nitrogens is 1. The first-order valence-electron chi connectivity index (χ1n) is 14.6. The van der Waals surface area contributed by atoms with Crippen LogP contribution in [0.25, 0.3) is 16.8 Å². The second kappa shape index (κ2) is 10.8. The van der Waals surface area contributed by atoms with E-state index < -0.39 is 0 Å². The molecule has 4 N–H and O–H groups in total. The topological polar surface area (TPSA) is 125 Å². The maximum atomic E-state index is 12.3. The van der Waals surface area contributed by atoms with Crippen molar-refractivity contribution in [1.29, 1.82) is 0 Å². The van der Waals surface area contributed by atoms with Gasteiger partial charge >= 0.3 is 0 Å². The Labute approximate surface area is 239 Å². The molecular formula is C32H34N8O. The number of rotatable bonds is 5. The number of allylic oxidation sites excluding steroid dienone is 3. The number of nitrogens with two attached hydrogens (primary N) is 1. The molecule has 1 saturated heterocycles. The first kappa shape index (κ1) is 25.4. The van der Waals surface area contributed by atoms with Crippen molar-refractivity contribution < 1.29 is 4.79 Å². The number of carbonyl (C=O) groups excluding carboxylic acids is 1. The van der Waals surface area contributed by atoms with Crippen LogP contribution in [0.3, 0.4) is 0 Å². The molecule has 208 valence electrons. The maximum Gasteiger partial charge on any atom is 0.227 e. The van der Waals surface area contributed by atoms with Crippen molar-refractivity contribution in [3.63, 3.8) is 0 Å². The molecule has 4 heterocycles. The fourth-order valence-corrected chi connectivity index (χ4v) is 5.83. The van der Waals surface area contributed by atoms with Crippen LogP contribution in [-0.4, -0.2) is 57.4 Å². The quantitative estimate of drug-likeness (QED) is 0.436. The number of benzene rings is 1. The van der Waals surface area contributed by atoms with Gasteiger partial charge in [-0.2, -0.15) is 0 Å². The number of aliphatic imine (C=N–C) groups is 2. The molecule has 2 aliphatic heterocycles. The van der Waals surface area contributed by atoms with E-state index in [1.165, 1.54) is 19.3 Å². The van der Waals surface area contributed by atoms with Crippen molar-refractivity contribution in [2.45, 2.75) is 44.9 Å². The Kier molecular flexibility index (Phi) is 6.70. The number of nitrogens with zero attached hydrogens (tertiary/aromatic N) is 5. The monoisotopic (exact) mass is 546 g/mol. The molecule has 41 heavy (non-hydrogen) atoms. The second-order valence-corrected chi connectivity index (χ2v) is 11.3. The summed E-state index contributed by atoms with van der Waals surface area (Å²) < 4.78 is 0. The van der Waals surface area contributed by atoms with Gasteiger partial charge in [0.25, 0.3) is 0 Å². The van der Waals surface area contributed by atoms with E-state index in [-0.39, 0.29) is 11.8 Å². The average Bonchev–Trinajstić information content (AvgIpc) is 3.78. The number of carbonyl (C=O) groups is 1. The lowest BCUT2D eigenvalue weighted by molar-refractivity contribution is -0.117. The third-order valence-corrected chi connectivity index (χ3v) is 8.21. The van der Waals surface area contributed by atoms with Gasteiger partial charge in [-0.25, -0.2) is 9.98 Å². The molecule has 1 saturated carbocycles. The number of fused-ring (bicyclic) bond motifs is 2. The largest absolute Gasteiger partial charge is 0.402 e. The summed E-state index contributed by atoms with van der Waals surface area (Å²) in [6.07, 6.45) is 16.3. The highest BCUT2D eigenvalue weighted by Crippen LogP contribution is 2.32. The number of pyridine rings is 1. The van der Waals surface area contributed by atoms with Gasteiger partial charge in [0.1, 0.15) is 17.7 Å². The van der Waals surface area contributed by atoms with E-state index in [1.807, 2.05) is 18.3 Å². The average molecular weight is 547 g/mol. The van der Waals surface area contributed by atoms with Crippen molar-refractivity contribution >= 4 is 29.3 Å². The lowest BCUT2D eigenvalue weighted by atomic mass is 9.94. The molecule has 0 spiro atoms. The third kappa shape index (κ3) is 5.31. The highest BCUT2D eigenvalue weighted by Gasteiger charge is 2.30. The second-order valence-electron chi connectivity index (χ2n) is 11.3. The first-order chi connectivity index (χ1) is 20.1. The van der Waals surface area contributed by atoms with E-state index in [0.717, 1.165) is 83.1 Å². The summed E-state index contributed by atoms with van der Waals surface area (Å²) in [5.74, 6) is 0.917. The summed E-state index contributed by atoms with van der Waals surface area (Å²) in [7, 11) is 0. The summed E-state index contributed by atoms with van der Waals surface area (Å²) >= 11 is 0. The van der Waals surface area contributed by atoms with Gasteiger partial charge in [-0.1, -0.05) is 12.1 Å². The number of nitrogens with one attached hydrogen (secondary N) is 2. The van der Waals surface area contributed by atoms with Crippen LogP contribution in [0.4, 0.5) is 5.69 Å². The molecule has 3 aromatic rings. The van der Waals surface area contributed by atoms with Crippen LogP contribution < -0.4 is 11.1 Å². The third-order valence-electron chi connectivity index (χ3n) is 8.21. The van der Waals surface area contributed by atoms with Gasteiger partial charge in [-0.05, 0) is 73.9 Å². The summed E-state index contributed by atoms with van der Waals surface area (Å²) in [6, 6.07) is 8.38. The van der Waals surface area contributed by atoms with Gasteiger partial charge < -0.3 is 20.9 Å². The lowest BCUT2D eigenvalue weighted by Gasteiger charge is -2.30. The molecule has 1 amide bonds. The van der Waals surface area contributed by atoms with Crippen LogP contribution in [0.5, 0.6) is 0 Å². The number of hydrogen-bond acceptors (Lipinski definition) is 7. The molecule has 9 nitrogen and oxygen atoms in total.